The molecule has 0 radical (unpaired) electrons. The molecule has 4 heteroatoms. The summed E-state index contributed by atoms with van der Waals surface area (Å²) in [4.78, 5) is 11.9. The Morgan fingerprint density at radius 2 is 1.45 bits per heavy atom. The molecule has 0 aromatic rings. The lowest BCUT2D eigenvalue weighted by atomic mass is 9.98. The molecular formula is C16H30N2O2. The van der Waals surface area contributed by atoms with E-state index in [2.05, 4.69) is 10.5 Å². The summed E-state index contributed by atoms with van der Waals surface area (Å²) in [7, 11) is 0. The molecule has 0 aliphatic heterocycles. The summed E-state index contributed by atoms with van der Waals surface area (Å²) in [5.74, 6) is -0.0163. The molecular weight excluding hydrogens is 252 g/mol. The first kappa shape index (κ1) is 17.0. The Balaban J connectivity index is 2.36. The fraction of sp³-hybridized carbons (Fsp3) is 0.875. The monoisotopic (exact) mass is 282 g/mol. The van der Waals surface area contributed by atoms with Crippen molar-refractivity contribution in [3.05, 3.63) is 0 Å². The third kappa shape index (κ3) is 8.18. The van der Waals surface area contributed by atoms with Crippen molar-refractivity contribution in [1.29, 1.82) is 0 Å². The molecule has 1 amide bonds. The first-order valence-electron chi connectivity index (χ1n) is 8.19. The third-order valence-corrected chi connectivity index (χ3v) is 4.06. The fourth-order valence-corrected chi connectivity index (χ4v) is 2.85. The molecule has 1 saturated carbocycles. The molecule has 2 N–H and O–H groups in total. The van der Waals surface area contributed by atoms with Gasteiger partial charge >= 0.3 is 0 Å². The molecule has 1 fully saturated rings. The van der Waals surface area contributed by atoms with E-state index in [1.807, 2.05) is 0 Å². The second-order valence-electron chi connectivity index (χ2n) is 6.04. The van der Waals surface area contributed by atoms with Crippen molar-refractivity contribution in [2.45, 2.75) is 90.0 Å². The summed E-state index contributed by atoms with van der Waals surface area (Å²) in [6, 6.07) is 0.299. The van der Waals surface area contributed by atoms with Crippen LogP contribution < -0.4 is 5.32 Å². The van der Waals surface area contributed by atoms with Crippen LogP contribution in [0.3, 0.4) is 0 Å². The number of hydrogen-bond donors (Lipinski definition) is 2. The van der Waals surface area contributed by atoms with Crippen LogP contribution in [0.25, 0.3) is 0 Å². The smallest absolute Gasteiger partial charge is 0.226 e. The molecule has 0 unspecified atom stereocenters. The quantitative estimate of drug-likeness (QED) is 0.466. The number of rotatable bonds is 3. The number of hydrogen-bond acceptors (Lipinski definition) is 3. The third-order valence-electron chi connectivity index (χ3n) is 4.06. The van der Waals surface area contributed by atoms with Gasteiger partial charge in [0.25, 0.3) is 0 Å². The first-order valence-corrected chi connectivity index (χ1v) is 8.19. The Kier molecular flexibility index (Phi) is 9.09. The van der Waals surface area contributed by atoms with Crippen LogP contribution in [0.5, 0.6) is 0 Å². The standard InChI is InChI=1S/C16H30N2O2/c1-14(18-20)13-16(19)17-15-11-9-7-5-3-2-4-6-8-10-12-15/h15,20H,2-13H2,1H3,(H,17,19). The summed E-state index contributed by atoms with van der Waals surface area (Å²) in [5, 5.41) is 14.8. The van der Waals surface area contributed by atoms with Crippen LogP contribution >= 0.6 is 0 Å². The predicted molar refractivity (Wildman–Crippen MR) is 82.2 cm³/mol. The number of amides is 1. The highest BCUT2D eigenvalue weighted by Crippen LogP contribution is 2.17. The Labute approximate surface area is 123 Å². The van der Waals surface area contributed by atoms with Gasteiger partial charge in [0, 0.05) is 6.04 Å². The first-order chi connectivity index (χ1) is 9.72. The lowest BCUT2D eigenvalue weighted by molar-refractivity contribution is -0.120. The SMILES string of the molecule is CC(CC(=O)NC1CCCCCCCCCCC1)=NO. The number of nitrogens with one attached hydrogen (secondary N) is 1. The van der Waals surface area contributed by atoms with Gasteiger partial charge in [-0.2, -0.15) is 0 Å². The van der Waals surface area contributed by atoms with Gasteiger partial charge in [0.15, 0.2) is 0 Å². The zero-order valence-corrected chi connectivity index (χ0v) is 12.9. The zero-order valence-electron chi connectivity index (χ0n) is 12.9. The van der Waals surface area contributed by atoms with Crippen molar-refractivity contribution in [3.63, 3.8) is 0 Å². The maximum atomic E-state index is 11.9. The van der Waals surface area contributed by atoms with Gasteiger partial charge in [-0.25, -0.2) is 0 Å². The van der Waals surface area contributed by atoms with Crippen molar-refractivity contribution in [3.8, 4) is 0 Å². The van der Waals surface area contributed by atoms with Gasteiger partial charge in [0.2, 0.25) is 5.91 Å². The molecule has 20 heavy (non-hydrogen) atoms. The largest absolute Gasteiger partial charge is 0.411 e. The van der Waals surface area contributed by atoms with Crippen LogP contribution in [-0.4, -0.2) is 22.9 Å². The molecule has 0 heterocycles. The second-order valence-corrected chi connectivity index (χ2v) is 6.04. The Hall–Kier alpha value is -1.06. The molecule has 4 nitrogen and oxygen atoms in total. The summed E-state index contributed by atoms with van der Waals surface area (Å²) in [5.41, 5.74) is 0.468. The van der Waals surface area contributed by atoms with Gasteiger partial charge in [0.05, 0.1) is 12.1 Å². The Morgan fingerprint density at radius 3 is 1.90 bits per heavy atom. The average molecular weight is 282 g/mol. The minimum atomic E-state index is -0.0163. The van der Waals surface area contributed by atoms with E-state index in [-0.39, 0.29) is 12.3 Å². The van der Waals surface area contributed by atoms with E-state index >= 15 is 0 Å². The predicted octanol–water partition coefficient (Wildman–Crippen LogP) is 4.02. The van der Waals surface area contributed by atoms with Gasteiger partial charge in [-0.05, 0) is 19.8 Å². The number of oxime groups is 1. The molecule has 0 aromatic heterocycles. The maximum Gasteiger partial charge on any atom is 0.226 e. The molecule has 1 aliphatic carbocycles. The van der Waals surface area contributed by atoms with Gasteiger partial charge in [-0.15, -0.1) is 0 Å². The number of carbonyl (C=O) groups excluding carboxylic acids is 1. The average Bonchev–Trinajstić information content (AvgIpc) is 2.41. The van der Waals surface area contributed by atoms with Crippen LogP contribution in [0.1, 0.15) is 84.0 Å². The van der Waals surface area contributed by atoms with E-state index in [9.17, 15) is 4.79 Å². The van der Waals surface area contributed by atoms with Crippen LogP contribution in [0.2, 0.25) is 0 Å². The molecule has 116 valence electrons. The topological polar surface area (TPSA) is 61.7 Å². The van der Waals surface area contributed by atoms with Crippen molar-refractivity contribution in [2.75, 3.05) is 0 Å². The van der Waals surface area contributed by atoms with E-state index in [1.54, 1.807) is 6.92 Å². The van der Waals surface area contributed by atoms with E-state index in [4.69, 9.17) is 5.21 Å². The van der Waals surface area contributed by atoms with Crippen LogP contribution in [0, 0.1) is 0 Å². The normalized spacial score (nSPS) is 20.8. The van der Waals surface area contributed by atoms with Crippen LogP contribution in [0.4, 0.5) is 0 Å². The maximum absolute atomic E-state index is 11.9. The van der Waals surface area contributed by atoms with Crippen LogP contribution in [0.15, 0.2) is 5.16 Å². The fourth-order valence-electron chi connectivity index (χ4n) is 2.85. The molecule has 0 aromatic carbocycles. The summed E-state index contributed by atoms with van der Waals surface area (Å²) in [6.45, 7) is 1.67. The lowest BCUT2D eigenvalue weighted by Crippen LogP contribution is -2.35. The van der Waals surface area contributed by atoms with Crippen molar-refractivity contribution in [1.82, 2.24) is 5.32 Å². The van der Waals surface area contributed by atoms with Gasteiger partial charge in [0.1, 0.15) is 0 Å². The van der Waals surface area contributed by atoms with Crippen molar-refractivity contribution < 1.29 is 10.0 Å². The summed E-state index contributed by atoms with van der Waals surface area (Å²) in [6.07, 6.45) is 14.1. The highest BCUT2D eigenvalue weighted by molar-refractivity contribution is 5.99. The zero-order chi connectivity index (χ0) is 14.6. The number of carbonyl (C=O) groups is 1. The van der Waals surface area contributed by atoms with Gasteiger partial charge < -0.3 is 10.5 Å². The molecule has 0 bridgehead atoms. The number of nitrogens with zero attached hydrogens (tertiary/aromatic N) is 1. The summed E-state index contributed by atoms with van der Waals surface area (Å²) < 4.78 is 0. The highest BCUT2D eigenvalue weighted by atomic mass is 16.4. The van der Waals surface area contributed by atoms with E-state index in [0.717, 1.165) is 12.8 Å². The Morgan fingerprint density at radius 1 is 1.00 bits per heavy atom. The molecule has 0 atom stereocenters. The second kappa shape index (κ2) is 10.7. The molecule has 0 saturated heterocycles. The van der Waals surface area contributed by atoms with Gasteiger partial charge in [-0.3, -0.25) is 4.79 Å². The Bertz CT molecular complexity index is 291. The minimum absolute atomic E-state index is 0.0163. The van der Waals surface area contributed by atoms with Crippen LogP contribution in [-0.2, 0) is 4.79 Å². The van der Waals surface area contributed by atoms with E-state index < -0.39 is 0 Å². The van der Waals surface area contributed by atoms with Crippen molar-refractivity contribution >= 4 is 11.6 Å². The highest BCUT2D eigenvalue weighted by Gasteiger charge is 2.13. The van der Waals surface area contributed by atoms with Gasteiger partial charge in [-0.1, -0.05) is 62.9 Å². The van der Waals surface area contributed by atoms with E-state index in [1.165, 1.54) is 57.8 Å². The lowest BCUT2D eigenvalue weighted by Gasteiger charge is -2.19. The molecule has 1 rings (SSSR count). The summed E-state index contributed by atoms with van der Waals surface area (Å²) >= 11 is 0. The molecule has 1 aliphatic rings. The minimum Gasteiger partial charge on any atom is -0.411 e. The van der Waals surface area contributed by atoms with E-state index in [0.29, 0.717) is 11.8 Å². The molecule has 0 spiro atoms. The van der Waals surface area contributed by atoms with Crippen molar-refractivity contribution in [2.24, 2.45) is 5.16 Å².